The maximum Gasteiger partial charge on any atom is 0.253 e. The number of nitrogens with zero attached hydrogens (tertiary/aromatic N) is 3. The molecule has 172 valence electrons. The predicted octanol–water partition coefficient (Wildman–Crippen LogP) is 4.63. The maximum absolute atomic E-state index is 13.0. The number of hydrogen-bond acceptors (Lipinski definition) is 3. The minimum atomic E-state index is -0.0311. The molecular weight excluding hydrogens is 424 g/mol. The van der Waals surface area contributed by atoms with E-state index in [0.29, 0.717) is 18.3 Å². The molecule has 4 aromatic rings. The Labute approximate surface area is 198 Å². The van der Waals surface area contributed by atoms with Gasteiger partial charge in [0.05, 0.1) is 0 Å². The lowest BCUT2D eigenvalue weighted by molar-refractivity contribution is -0.131. The van der Waals surface area contributed by atoms with Crippen LogP contribution in [-0.2, 0) is 11.3 Å². The molecule has 1 amide bonds. The number of H-pyrrole nitrogens is 1. The Balaban J connectivity index is 1.27. The Hall–Kier alpha value is -3.67. The van der Waals surface area contributed by atoms with Crippen molar-refractivity contribution in [3.63, 3.8) is 0 Å². The van der Waals surface area contributed by atoms with Crippen LogP contribution in [0.4, 0.5) is 0 Å². The number of carbonyl (C=O) groups is 1. The first kappa shape index (κ1) is 20.9. The normalized spacial score (nSPS) is 18.0. The van der Waals surface area contributed by atoms with Crippen molar-refractivity contribution in [3.05, 3.63) is 76.8 Å². The van der Waals surface area contributed by atoms with Crippen LogP contribution < -0.4 is 5.56 Å². The molecule has 2 aliphatic rings. The molecule has 1 saturated heterocycles. The maximum atomic E-state index is 13.0. The SMILES string of the molecule is Cc1cc(=O)n(CC2CCN(C(=O)C3CC3)C2)c(-c2ccc(-c3ccc4[nH]ccc4c3)cc2)n1. The van der Waals surface area contributed by atoms with E-state index < -0.39 is 0 Å². The van der Waals surface area contributed by atoms with Gasteiger partial charge in [-0.3, -0.25) is 14.2 Å². The number of fused-ring (bicyclic) bond motifs is 1. The topological polar surface area (TPSA) is 71.0 Å². The standard InChI is InChI=1S/C28H28N4O2/c1-18-14-26(33)32(17-19-11-13-31(16-19)28(34)22-6-7-22)27(30-18)21-4-2-20(3-5-21)23-8-9-25-24(15-23)10-12-29-25/h2-5,8-10,12,14-15,19,22,29H,6-7,11,13,16-17H2,1H3. The quantitative estimate of drug-likeness (QED) is 0.480. The summed E-state index contributed by atoms with van der Waals surface area (Å²) < 4.78 is 1.80. The first-order chi connectivity index (χ1) is 16.5. The van der Waals surface area contributed by atoms with Gasteiger partial charge in [0.25, 0.3) is 5.56 Å². The second-order valence-electron chi connectivity index (χ2n) is 9.74. The molecule has 1 aliphatic carbocycles. The number of amides is 1. The largest absolute Gasteiger partial charge is 0.361 e. The van der Waals surface area contributed by atoms with Gasteiger partial charge in [0.15, 0.2) is 0 Å². The lowest BCUT2D eigenvalue weighted by Crippen LogP contribution is -2.32. The molecule has 6 heteroatoms. The highest BCUT2D eigenvalue weighted by molar-refractivity contribution is 5.85. The summed E-state index contributed by atoms with van der Waals surface area (Å²) in [6.07, 6.45) is 4.94. The van der Waals surface area contributed by atoms with Crippen molar-refractivity contribution in [2.75, 3.05) is 13.1 Å². The van der Waals surface area contributed by atoms with Gasteiger partial charge in [-0.15, -0.1) is 0 Å². The molecule has 0 spiro atoms. The van der Waals surface area contributed by atoms with Gasteiger partial charge in [-0.1, -0.05) is 30.3 Å². The molecule has 0 radical (unpaired) electrons. The Kier molecular flexibility index (Phi) is 5.09. The molecule has 6 rings (SSSR count). The van der Waals surface area contributed by atoms with E-state index in [9.17, 15) is 9.59 Å². The Bertz CT molecular complexity index is 1430. The van der Waals surface area contributed by atoms with Crippen LogP contribution in [-0.4, -0.2) is 38.4 Å². The number of aromatic amines is 1. The molecule has 2 fully saturated rings. The number of rotatable bonds is 5. The third-order valence-corrected chi connectivity index (χ3v) is 7.13. The number of hydrogen-bond donors (Lipinski definition) is 1. The molecule has 1 unspecified atom stereocenters. The molecule has 1 saturated carbocycles. The van der Waals surface area contributed by atoms with Crippen molar-refractivity contribution < 1.29 is 4.79 Å². The summed E-state index contributed by atoms with van der Waals surface area (Å²) in [5.74, 6) is 1.51. The van der Waals surface area contributed by atoms with E-state index in [1.165, 1.54) is 5.39 Å². The van der Waals surface area contributed by atoms with Gasteiger partial charge in [0.2, 0.25) is 5.91 Å². The third-order valence-electron chi connectivity index (χ3n) is 7.13. The number of aromatic nitrogens is 3. The zero-order valence-corrected chi connectivity index (χ0v) is 19.3. The van der Waals surface area contributed by atoms with E-state index in [4.69, 9.17) is 4.98 Å². The summed E-state index contributed by atoms with van der Waals surface area (Å²) in [7, 11) is 0. The molecule has 34 heavy (non-hydrogen) atoms. The summed E-state index contributed by atoms with van der Waals surface area (Å²) in [6.45, 7) is 3.97. The molecular formula is C28H28N4O2. The van der Waals surface area contributed by atoms with Gasteiger partial charge in [-0.05, 0) is 66.8 Å². The molecule has 0 bridgehead atoms. The zero-order valence-electron chi connectivity index (χ0n) is 19.3. The van der Waals surface area contributed by atoms with E-state index >= 15 is 0 Å². The number of aryl methyl sites for hydroxylation is 1. The van der Waals surface area contributed by atoms with Crippen molar-refractivity contribution in [2.24, 2.45) is 11.8 Å². The second-order valence-corrected chi connectivity index (χ2v) is 9.74. The van der Waals surface area contributed by atoms with Gasteiger partial charge in [0, 0.05) is 54.6 Å². The van der Waals surface area contributed by atoms with Crippen molar-refractivity contribution in [2.45, 2.75) is 32.7 Å². The Morgan fingerprint density at radius 3 is 2.56 bits per heavy atom. The molecule has 1 aliphatic heterocycles. The van der Waals surface area contributed by atoms with Gasteiger partial charge in [0.1, 0.15) is 5.82 Å². The fraction of sp³-hybridized carbons (Fsp3) is 0.321. The summed E-state index contributed by atoms with van der Waals surface area (Å²) in [4.78, 5) is 35.4. The Morgan fingerprint density at radius 1 is 1.00 bits per heavy atom. The molecule has 6 nitrogen and oxygen atoms in total. The Morgan fingerprint density at radius 2 is 1.76 bits per heavy atom. The van der Waals surface area contributed by atoms with Crippen LogP contribution in [0, 0.1) is 18.8 Å². The molecule has 2 aromatic heterocycles. The van der Waals surface area contributed by atoms with Crippen LogP contribution >= 0.6 is 0 Å². The predicted molar refractivity (Wildman–Crippen MR) is 133 cm³/mol. The van der Waals surface area contributed by atoms with Gasteiger partial charge in [-0.25, -0.2) is 4.98 Å². The van der Waals surface area contributed by atoms with E-state index in [1.807, 2.05) is 30.2 Å². The lowest BCUT2D eigenvalue weighted by atomic mass is 10.0. The average molecular weight is 453 g/mol. The van der Waals surface area contributed by atoms with E-state index in [1.54, 1.807) is 10.6 Å². The number of nitrogens with one attached hydrogen (secondary N) is 1. The van der Waals surface area contributed by atoms with Crippen LogP contribution in [0.3, 0.4) is 0 Å². The van der Waals surface area contributed by atoms with Gasteiger partial charge >= 0.3 is 0 Å². The first-order valence-electron chi connectivity index (χ1n) is 12.1. The number of carbonyl (C=O) groups excluding carboxylic acids is 1. The summed E-state index contributed by atoms with van der Waals surface area (Å²) >= 11 is 0. The fourth-order valence-electron chi connectivity index (χ4n) is 5.09. The zero-order chi connectivity index (χ0) is 23.2. The second kappa shape index (κ2) is 8.28. The van der Waals surface area contributed by atoms with Gasteiger partial charge in [-0.2, -0.15) is 0 Å². The van der Waals surface area contributed by atoms with E-state index in [0.717, 1.165) is 60.3 Å². The van der Waals surface area contributed by atoms with Crippen LogP contribution in [0.25, 0.3) is 33.4 Å². The van der Waals surface area contributed by atoms with Crippen LogP contribution in [0.5, 0.6) is 0 Å². The van der Waals surface area contributed by atoms with Crippen molar-refractivity contribution in [1.29, 1.82) is 0 Å². The van der Waals surface area contributed by atoms with Gasteiger partial charge < -0.3 is 9.88 Å². The monoisotopic (exact) mass is 452 g/mol. The van der Waals surface area contributed by atoms with E-state index in [2.05, 4.69) is 41.4 Å². The average Bonchev–Trinajstić information content (AvgIpc) is 3.40. The fourth-order valence-corrected chi connectivity index (χ4v) is 5.09. The minimum absolute atomic E-state index is 0.0311. The molecule has 3 heterocycles. The number of likely N-dealkylation sites (tertiary alicyclic amines) is 1. The highest BCUT2D eigenvalue weighted by atomic mass is 16.2. The summed E-state index contributed by atoms with van der Waals surface area (Å²) in [6, 6.07) is 18.3. The van der Waals surface area contributed by atoms with E-state index in [-0.39, 0.29) is 17.4 Å². The molecule has 1 atom stereocenters. The van der Waals surface area contributed by atoms with Crippen molar-refractivity contribution in [3.8, 4) is 22.5 Å². The number of benzene rings is 2. The van der Waals surface area contributed by atoms with Crippen molar-refractivity contribution >= 4 is 16.8 Å². The van der Waals surface area contributed by atoms with Crippen molar-refractivity contribution in [1.82, 2.24) is 19.4 Å². The highest BCUT2D eigenvalue weighted by Gasteiger charge is 2.36. The summed E-state index contributed by atoms with van der Waals surface area (Å²) in [5.41, 5.74) is 5.01. The van der Waals surface area contributed by atoms with Crippen LogP contribution in [0.15, 0.2) is 65.6 Å². The first-order valence-corrected chi connectivity index (χ1v) is 12.1. The highest BCUT2D eigenvalue weighted by Crippen LogP contribution is 2.33. The smallest absolute Gasteiger partial charge is 0.253 e. The van der Waals surface area contributed by atoms with Crippen LogP contribution in [0.1, 0.15) is 25.0 Å². The molecule has 1 N–H and O–H groups in total. The third kappa shape index (κ3) is 3.94. The molecule has 2 aromatic carbocycles. The minimum Gasteiger partial charge on any atom is -0.361 e. The van der Waals surface area contributed by atoms with Crippen LogP contribution in [0.2, 0.25) is 0 Å². The summed E-state index contributed by atoms with van der Waals surface area (Å²) in [5, 5.41) is 1.18. The lowest BCUT2D eigenvalue weighted by Gasteiger charge is -2.18.